The summed E-state index contributed by atoms with van der Waals surface area (Å²) in [6.45, 7) is 7.27. The van der Waals surface area contributed by atoms with Gasteiger partial charge in [-0.2, -0.15) is 0 Å². The number of hydrogen-bond acceptors (Lipinski definition) is 3. The van der Waals surface area contributed by atoms with E-state index in [-0.39, 0.29) is 23.5 Å². The smallest absolute Gasteiger partial charge is 0.240 e. The second kappa shape index (κ2) is 4.49. The average Bonchev–Trinajstić information content (AvgIpc) is 2.50. The van der Waals surface area contributed by atoms with Crippen molar-refractivity contribution in [3.8, 4) is 0 Å². The van der Waals surface area contributed by atoms with Crippen molar-refractivity contribution in [2.45, 2.75) is 39.3 Å². The lowest BCUT2D eigenvalue weighted by atomic mass is 9.86. The summed E-state index contributed by atoms with van der Waals surface area (Å²) in [5.41, 5.74) is -0.0978. The van der Waals surface area contributed by atoms with Gasteiger partial charge in [0.2, 0.25) is 5.91 Å². The van der Waals surface area contributed by atoms with Gasteiger partial charge in [-0.25, -0.2) is 0 Å². The molecule has 0 aliphatic carbocycles. The SMILES string of the molecule is CN[C@@H](C(=O)N1CC[C@@H](O)C1)C(C)(C)C. The first-order valence-electron chi connectivity index (χ1n) is 5.50. The zero-order valence-electron chi connectivity index (χ0n) is 10.1. The van der Waals surface area contributed by atoms with Gasteiger partial charge >= 0.3 is 0 Å². The topological polar surface area (TPSA) is 52.6 Å². The van der Waals surface area contributed by atoms with E-state index < -0.39 is 0 Å². The van der Waals surface area contributed by atoms with Gasteiger partial charge in [-0.1, -0.05) is 20.8 Å². The first kappa shape index (κ1) is 12.5. The molecule has 15 heavy (non-hydrogen) atoms. The van der Waals surface area contributed by atoms with Crippen LogP contribution in [-0.4, -0.2) is 48.2 Å². The number of likely N-dealkylation sites (N-methyl/N-ethyl adjacent to an activating group) is 1. The van der Waals surface area contributed by atoms with Gasteiger partial charge < -0.3 is 15.3 Å². The van der Waals surface area contributed by atoms with E-state index in [9.17, 15) is 9.90 Å². The minimum atomic E-state index is -0.341. The number of carbonyl (C=O) groups is 1. The van der Waals surface area contributed by atoms with E-state index in [1.54, 1.807) is 11.9 Å². The molecule has 2 atom stereocenters. The molecule has 1 saturated heterocycles. The molecule has 4 nitrogen and oxygen atoms in total. The molecule has 1 rings (SSSR count). The predicted octanol–water partition coefficient (Wildman–Crippen LogP) is 0.214. The van der Waals surface area contributed by atoms with Gasteiger partial charge in [0, 0.05) is 13.1 Å². The Morgan fingerprint density at radius 3 is 2.47 bits per heavy atom. The van der Waals surface area contributed by atoms with Crippen LogP contribution in [-0.2, 0) is 4.79 Å². The molecule has 88 valence electrons. The number of aliphatic hydroxyl groups is 1. The van der Waals surface area contributed by atoms with Crippen LogP contribution in [0.15, 0.2) is 0 Å². The quantitative estimate of drug-likeness (QED) is 0.691. The van der Waals surface area contributed by atoms with Crippen LogP contribution in [0.1, 0.15) is 27.2 Å². The van der Waals surface area contributed by atoms with Crippen molar-refractivity contribution in [3.63, 3.8) is 0 Å². The third kappa shape index (κ3) is 2.92. The molecule has 1 heterocycles. The zero-order chi connectivity index (χ0) is 11.6. The number of β-amino-alcohol motifs (C(OH)–C–C–N with tert-alkyl or cyclic N) is 1. The van der Waals surface area contributed by atoms with E-state index in [4.69, 9.17) is 0 Å². The Kier molecular flexibility index (Phi) is 3.73. The maximum Gasteiger partial charge on any atom is 0.240 e. The van der Waals surface area contributed by atoms with E-state index in [0.717, 1.165) is 0 Å². The second-order valence-corrected chi connectivity index (χ2v) is 5.31. The minimum absolute atomic E-state index is 0.0978. The summed E-state index contributed by atoms with van der Waals surface area (Å²) in [5.74, 6) is 0.0987. The molecule has 0 aromatic heterocycles. The van der Waals surface area contributed by atoms with Crippen LogP contribution in [0.25, 0.3) is 0 Å². The van der Waals surface area contributed by atoms with Gasteiger partial charge in [0.05, 0.1) is 12.1 Å². The van der Waals surface area contributed by atoms with Crippen LogP contribution in [0.5, 0.6) is 0 Å². The molecule has 1 aliphatic rings. The number of nitrogens with one attached hydrogen (secondary N) is 1. The lowest BCUT2D eigenvalue weighted by molar-refractivity contribution is -0.135. The zero-order valence-corrected chi connectivity index (χ0v) is 10.1. The summed E-state index contributed by atoms with van der Waals surface area (Å²) in [6.07, 6.45) is 0.359. The van der Waals surface area contributed by atoms with Crippen LogP contribution in [0.3, 0.4) is 0 Å². The van der Waals surface area contributed by atoms with E-state index in [1.807, 2.05) is 20.8 Å². The Morgan fingerprint density at radius 2 is 2.13 bits per heavy atom. The lowest BCUT2D eigenvalue weighted by Crippen LogP contribution is -2.51. The van der Waals surface area contributed by atoms with Crippen molar-refractivity contribution in [1.82, 2.24) is 10.2 Å². The van der Waals surface area contributed by atoms with Gasteiger partial charge in [0.25, 0.3) is 0 Å². The highest BCUT2D eigenvalue weighted by atomic mass is 16.3. The van der Waals surface area contributed by atoms with Gasteiger partial charge in [-0.05, 0) is 18.9 Å². The fourth-order valence-corrected chi connectivity index (χ4v) is 2.05. The molecule has 1 fully saturated rings. The summed E-state index contributed by atoms with van der Waals surface area (Å²) in [6, 6.07) is -0.178. The molecule has 1 amide bonds. The van der Waals surface area contributed by atoms with Crippen LogP contribution in [0.4, 0.5) is 0 Å². The van der Waals surface area contributed by atoms with Crippen molar-refractivity contribution in [1.29, 1.82) is 0 Å². The maximum absolute atomic E-state index is 12.1. The highest BCUT2D eigenvalue weighted by Crippen LogP contribution is 2.22. The number of nitrogens with zero attached hydrogens (tertiary/aromatic N) is 1. The maximum atomic E-state index is 12.1. The van der Waals surface area contributed by atoms with Crippen molar-refractivity contribution in [3.05, 3.63) is 0 Å². The first-order valence-corrected chi connectivity index (χ1v) is 5.50. The van der Waals surface area contributed by atoms with Crippen LogP contribution in [0, 0.1) is 5.41 Å². The minimum Gasteiger partial charge on any atom is -0.391 e. The highest BCUT2D eigenvalue weighted by molar-refractivity contribution is 5.83. The van der Waals surface area contributed by atoms with E-state index >= 15 is 0 Å². The summed E-state index contributed by atoms with van der Waals surface area (Å²) in [7, 11) is 1.81. The third-order valence-electron chi connectivity index (χ3n) is 2.88. The van der Waals surface area contributed by atoms with Crippen LogP contribution in [0.2, 0.25) is 0 Å². The molecule has 0 bridgehead atoms. The van der Waals surface area contributed by atoms with Gasteiger partial charge in [-0.3, -0.25) is 4.79 Å². The molecule has 4 heteroatoms. The third-order valence-corrected chi connectivity index (χ3v) is 2.88. The van der Waals surface area contributed by atoms with Crippen molar-refractivity contribution in [2.75, 3.05) is 20.1 Å². The van der Waals surface area contributed by atoms with Crippen molar-refractivity contribution >= 4 is 5.91 Å². The predicted molar refractivity (Wildman–Crippen MR) is 59.5 cm³/mol. The van der Waals surface area contributed by atoms with Crippen molar-refractivity contribution < 1.29 is 9.90 Å². The van der Waals surface area contributed by atoms with Gasteiger partial charge in [0.15, 0.2) is 0 Å². The number of carbonyl (C=O) groups excluding carboxylic acids is 1. The molecule has 0 saturated carbocycles. The first-order chi connectivity index (χ1) is 6.86. The fourth-order valence-electron chi connectivity index (χ4n) is 2.05. The number of hydrogen-bond donors (Lipinski definition) is 2. The van der Waals surface area contributed by atoms with Crippen LogP contribution >= 0.6 is 0 Å². The second-order valence-electron chi connectivity index (χ2n) is 5.31. The molecule has 1 aliphatic heterocycles. The largest absolute Gasteiger partial charge is 0.391 e. The molecule has 0 radical (unpaired) electrons. The number of likely N-dealkylation sites (tertiary alicyclic amines) is 1. The monoisotopic (exact) mass is 214 g/mol. The van der Waals surface area contributed by atoms with E-state index in [1.165, 1.54) is 0 Å². The summed E-state index contributed by atoms with van der Waals surface area (Å²) >= 11 is 0. The van der Waals surface area contributed by atoms with Crippen LogP contribution < -0.4 is 5.32 Å². The normalized spacial score (nSPS) is 24.3. The molecule has 0 aromatic rings. The Labute approximate surface area is 91.6 Å². The van der Waals surface area contributed by atoms with E-state index in [2.05, 4.69) is 5.32 Å². The summed E-state index contributed by atoms with van der Waals surface area (Å²) in [5, 5.41) is 12.5. The molecule has 2 N–H and O–H groups in total. The Balaban J connectivity index is 2.66. The molecule has 0 aromatic carbocycles. The Bertz CT molecular complexity index is 235. The molecular weight excluding hydrogens is 192 g/mol. The van der Waals surface area contributed by atoms with Gasteiger partial charge in [0.1, 0.15) is 0 Å². The average molecular weight is 214 g/mol. The van der Waals surface area contributed by atoms with Gasteiger partial charge in [-0.15, -0.1) is 0 Å². The Morgan fingerprint density at radius 1 is 1.53 bits per heavy atom. The molecule has 0 unspecified atom stereocenters. The number of amides is 1. The number of rotatable bonds is 2. The van der Waals surface area contributed by atoms with Crippen molar-refractivity contribution in [2.24, 2.45) is 5.41 Å². The number of aliphatic hydroxyl groups excluding tert-OH is 1. The summed E-state index contributed by atoms with van der Waals surface area (Å²) in [4.78, 5) is 13.9. The lowest BCUT2D eigenvalue weighted by Gasteiger charge is -2.32. The van der Waals surface area contributed by atoms with E-state index in [0.29, 0.717) is 19.5 Å². The summed E-state index contributed by atoms with van der Waals surface area (Å²) < 4.78 is 0. The molecular formula is C11H22N2O2. The molecule has 0 spiro atoms. The standard InChI is InChI=1S/C11H22N2O2/c1-11(2,3)9(12-4)10(15)13-6-5-8(14)7-13/h8-9,12,14H,5-7H2,1-4H3/t8-,9+/m1/s1. The highest BCUT2D eigenvalue weighted by Gasteiger charge is 2.35. The fraction of sp³-hybridized carbons (Fsp3) is 0.909. The Hall–Kier alpha value is -0.610.